The molecule has 0 N–H and O–H groups in total. The molecular weight excluding hydrogens is 2250 g/mol. The second kappa shape index (κ2) is 43.5. The summed E-state index contributed by atoms with van der Waals surface area (Å²) >= 11 is 0. The van der Waals surface area contributed by atoms with Gasteiger partial charge in [-0.1, -0.05) is 166 Å². The van der Waals surface area contributed by atoms with Crippen molar-refractivity contribution in [3.8, 4) is 114 Å². The first-order valence-electron chi connectivity index (χ1n) is 39.0. The molecule has 18 nitrogen and oxygen atoms in total. The van der Waals surface area contributed by atoms with Gasteiger partial charge < -0.3 is 18.3 Å². The first kappa shape index (κ1) is 94.6. The molecule has 620 valence electrons. The van der Waals surface area contributed by atoms with Crippen molar-refractivity contribution in [2.24, 2.45) is 11.8 Å². The van der Waals surface area contributed by atoms with E-state index in [2.05, 4.69) is 183 Å². The van der Waals surface area contributed by atoms with Crippen LogP contribution in [0.2, 0.25) is 0 Å². The van der Waals surface area contributed by atoms with E-state index in [1.807, 2.05) is 231 Å². The van der Waals surface area contributed by atoms with Gasteiger partial charge in [-0.15, -0.1) is 163 Å². The summed E-state index contributed by atoms with van der Waals surface area (Å²) in [7, 11) is 0. The van der Waals surface area contributed by atoms with Gasteiger partial charge in [0.1, 0.15) is 5.82 Å². The quantitative estimate of drug-likeness (QED) is 0.0868. The van der Waals surface area contributed by atoms with Gasteiger partial charge in [-0.25, -0.2) is 29.1 Å². The number of benzene rings is 12. The minimum absolute atomic E-state index is 0. The van der Waals surface area contributed by atoms with Gasteiger partial charge in [0.2, 0.25) is 5.69 Å². The van der Waals surface area contributed by atoms with Gasteiger partial charge in [0, 0.05) is 120 Å². The summed E-state index contributed by atoms with van der Waals surface area (Å²) < 4.78 is 8.05. The monoisotopic (exact) mass is 2330 g/mol. The van der Waals surface area contributed by atoms with E-state index in [9.17, 15) is 0 Å². The zero-order chi connectivity index (χ0) is 84.7. The number of rotatable bonds is 16. The van der Waals surface area contributed by atoms with E-state index in [1.165, 1.54) is 5.56 Å². The largest absolute Gasteiger partial charge is 0.325 e. The topological polar surface area (TPSA) is 149 Å². The van der Waals surface area contributed by atoms with Crippen LogP contribution in [0.4, 0.5) is 34.1 Å². The summed E-state index contributed by atoms with van der Waals surface area (Å²) in [5, 5.41) is 36.0. The van der Waals surface area contributed by atoms with Crippen LogP contribution in [0.5, 0.6) is 0 Å². The summed E-state index contributed by atoms with van der Waals surface area (Å²) in [5.74, 6) is 6.54. The Hall–Kier alpha value is -13.3. The molecule has 0 spiro atoms. The van der Waals surface area contributed by atoms with Crippen LogP contribution in [0.3, 0.4) is 0 Å². The maximum absolute atomic E-state index is 7.82. The minimum atomic E-state index is 0. The number of aromatic nitrogens is 12. The van der Waals surface area contributed by atoms with Crippen LogP contribution < -0.4 is 0 Å². The Morgan fingerprint density at radius 1 is 0.306 bits per heavy atom. The molecule has 22 heteroatoms. The molecule has 16 rings (SSSR count). The summed E-state index contributed by atoms with van der Waals surface area (Å²) in [5.41, 5.74) is 24.2. The van der Waals surface area contributed by atoms with Crippen molar-refractivity contribution in [3.05, 3.63) is 391 Å². The summed E-state index contributed by atoms with van der Waals surface area (Å²) in [4.78, 5) is 21.9. The van der Waals surface area contributed by atoms with Gasteiger partial charge in [0.25, 0.3) is 0 Å². The third-order valence-electron chi connectivity index (χ3n) is 20.4. The minimum Gasteiger partial charge on any atom is -0.325 e. The van der Waals surface area contributed by atoms with Gasteiger partial charge in [0.15, 0.2) is 45.9 Å². The van der Waals surface area contributed by atoms with Crippen LogP contribution >= 0.6 is 0 Å². The first-order chi connectivity index (χ1) is 58.2. The number of aryl methyl sites for hydroxylation is 6. The fourth-order valence-electron chi connectivity index (χ4n) is 14.8. The third kappa shape index (κ3) is 20.7. The predicted octanol–water partition coefficient (Wildman–Crippen LogP) is 25.8. The fraction of sp³-hybridized carbons (Fsp3) is 0.157. The van der Waals surface area contributed by atoms with E-state index in [0.29, 0.717) is 69.1 Å². The van der Waals surface area contributed by atoms with Crippen molar-refractivity contribution in [2.75, 3.05) is 0 Å². The van der Waals surface area contributed by atoms with E-state index in [4.69, 9.17) is 39.4 Å². The first-order valence-corrected chi connectivity index (χ1v) is 39.0. The maximum Gasteiger partial charge on any atom is 0.210 e. The molecule has 0 amide bonds. The molecule has 16 aromatic rings. The zero-order valence-corrected chi connectivity index (χ0v) is 79.6. The van der Waals surface area contributed by atoms with Gasteiger partial charge in [-0.2, -0.15) is 20.4 Å². The zero-order valence-electron chi connectivity index (χ0n) is 70.0. The van der Waals surface area contributed by atoms with Crippen molar-refractivity contribution in [1.82, 2.24) is 59.1 Å². The van der Waals surface area contributed by atoms with Crippen LogP contribution in [-0.4, -0.2) is 59.1 Å². The molecule has 0 saturated carbocycles. The van der Waals surface area contributed by atoms with Crippen molar-refractivity contribution in [1.29, 1.82) is 0 Å². The summed E-state index contributed by atoms with van der Waals surface area (Å²) in [6.07, 6.45) is 1.76. The van der Waals surface area contributed by atoms with Gasteiger partial charge >= 0.3 is 0 Å². The third-order valence-corrected chi connectivity index (χ3v) is 20.4. The van der Waals surface area contributed by atoms with Gasteiger partial charge in [0.05, 0.1) is 62.7 Å². The molecule has 0 aliphatic rings. The van der Waals surface area contributed by atoms with E-state index in [-0.39, 0.29) is 80.4 Å². The molecule has 0 unspecified atom stereocenters. The van der Waals surface area contributed by atoms with Crippen molar-refractivity contribution in [3.63, 3.8) is 0 Å². The predicted molar refractivity (Wildman–Crippen MR) is 477 cm³/mol. The molecule has 4 heterocycles. The van der Waals surface area contributed by atoms with Crippen LogP contribution in [-0.2, 0) is 93.3 Å². The van der Waals surface area contributed by atoms with E-state index in [1.54, 1.807) is 24.3 Å². The standard InChI is InChI=1S/C26H17N6.2C26H23N4.C24H19N4.4Ir/c1-16-12-13-20(27-4)14-21(16)26-31-30-25(19-10-8-7-9-11-19)32(26)24-17(2)22(28-5)15-23(29-6)18(24)3;1-18(2)17-21-14-10-16-23(27-4)24(21)30-25(20-12-6-5-7-13-20)28-29-26(30)22-15-9-8-11-19(22)3;1-18(2)16-21-14-15-22(27-4)17-24(21)30-25(20-11-6-5-7-12-20)28-29-26(30)23-13-9-8-10-19(23)3;1-16-13-21(25-4)14-17(2)23(16)19-9-8-10-20(15-19)24-27-26-18(3)28(24)22-11-6-5-7-12-22;;;;/h7-10,12-15H,1-3H3;5-12,14-16,18H,17H2,1-3H3;5-11,13-15,17-18H,16H2,1-3H3;5-9,11-15H,1-3H3;;;;/q4*-1;;;;. The van der Waals surface area contributed by atoms with Gasteiger partial charge in [-0.3, -0.25) is 0 Å². The SMILES string of the molecule is [C-]#[N+]c1cc(C)c(-c2cc[c-]c(-c3nnc(C)n3-c3ccccc3)c2)c(C)c1.[C-]#[N+]c1ccc(C)c(-c2nnc(-c3[c-]cccc3)n2-c2c(C)c([N+]#[C-])cc([N+]#[C-])c2C)c1.[C-]#[N+]c1ccc(CC(C)C)c(-n2c(-c3[c-]cccc3)nnc2-c2ccccc2C)c1.[C-]#[N+]c1cccc(CC(C)C)c1-n1c(-c2[c-]cccc2)nnc1-c1ccccc1C.[Ir].[Ir].[Ir].[Ir]. The Balaban J connectivity index is 0.000000186. The van der Waals surface area contributed by atoms with Crippen LogP contribution in [0.1, 0.15) is 83.6 Å². The van der Waals surface area contributed by atoms with E-state index >= 15 is 0 Å². The number of nitrogens with zero attached hydrogens (tertiary/aromatic N) is 18. The molecule has 0 atom stereocenters. The van der Waals surface area contributed by atoms with Crippen LogP contribution in [0.25, 0.3) is 143 Å². The smallest absolute Gasteiger partial charge is 0.210 e. The second-order valence-electron chi connectivity index (χ2n) is 29.7. The average molecular weight is 2330 g/mol. The molecule has 4 radical (unpaired) electrons. The van der Waals surface area contributed by atoms with Gasteiger partial charge in [-0.05, 0) is 149 Å². The molecule has 0 saturated heterocycles. The number of hydrogen-bond acceptors (Lipinski definition) is 8. The normalized spacial score (nSPS) is 10.3. The Kier molecular flexibility index (Phi) is 33.2. The Labute approximate surface area is 779 Å². The Bertz CT molecular complexity index is 6680. The number of hydrogen-bond donors (Lipinski definition) is 0. The molecule has 12 aromatic carbocycles. The fourth-order valence-corrected chi connectivity index (χ4v) is 14.8. The van der Waals surface area contributed by atoms with E-state index in [0.717, 1.165) is 154 Å². The Morgan fingerprint density at radius 3 is 1.23 bits per heavy atom. The molecule has 0 bridgehead atoms. The average Bonchev–Trinajstić information content (AvgIpc) is 1.59. The number of para-hydroxylation sites is 2. The molecule has 124 heavy (non-hydrogen) atoms. The van der Waals surface area contributed by atoms with Crippen molar-refractivity contribution in [2.45, 2.75) is 95.9 Å². The van der Waals surface area contributed by atoms with Crippen molar-refractivity contribution < 1.29 is 80.4 Å². The second-order valence-corrected chi connectivity index (χ2v) is 29.7. The molecule has 0 aliphatic heterocycles. The van der Waals surface area contributed by atoms with Crippen LogP contribution in [0, 0.1) is 131 Å². The molecular formula is C102H82Ir4N18-4. The summed E-state index contributed by atoms with van der Waals surface area (Å²) in [6.45, 7) is 69.9. The summed E-state index contributed by atoms with van der Waals surface area (Å²) in [6, 6.07) is 91.3. The molecule has 0 aliphatic carbocycles. The van der Waals surface area contributed by atoms with E-state index < -0.39 is 0 Å². The maximum atomic E-state index is 7.82. The van der Waals surface area contributed by atoms with Crippen molar-refractivity contribution >= 4 is 34.1 Å². The van der Waals surface area contributed by atoms with Crippen LogP contribution in [0.15, 0.2) is 243 Å². The molecule has 4 aromatic heterocycles. The molecule has 0 fully saturated rings. The Morgan fingerprint density at radius 2 is 0.734 bits per heavy atom.